The average molecular weight is 306 g/mol. The highest BCUT2D eigenvalue weighted by Crippen LogP contribution is 2.16. The van der Waals surface area contributed by atoms with Gasteiger partial charge in [0.15, 0.2) is 0 Å². The number of rotatable bonds is 4. The normalized spacial score (nSPS) is 12.8. The van der Waals surface area contributed by atoms with E-state index in [-0.39, 0.29) is 5.91 Å². The monoisotopic (exact) mass is 306 g/mol. The summed E-state index contributed by atoms with van der Waals surface area (Å²) < 4.78 is 0. The molecule has 23 heavy (non-hydrogen) atoms. The SMILES string of the molecule is [N-]=[N+]=Nc1ccc(C(=O)Nc2cccc(C3=NCCN3)c2)cc1. The molecule has 0 bridgehead atoms. The second kappa shape index (κ2) is 6.64. The Labute approximate surface area is 132 Å². The summed E-state index contributed by atoms with van der Waals surface area (Å²) in [6.45, 7) is 1.60. The number of hydrogen-bond acceptors (Lipinski definition) is 4. The third-order valence-electron chi connectivity index (χ3n) is 3.36. The average Bonchev–Trinajstić information content (AvgIpc) is 3.11. The first-order chi connectivity index (χ1) is 11.3. The minimum Gasteiger partial charge on any atom is -0.368 e. The predicted octanol–water partition coefficient (Wildman–Crippen LogP) is 3.23. The van der Waals surface area contributed by atoms with Gasteiger partial charge in [0.05, 0.1) is 6.54 Å². The van der Waals surface area contributed by atoms with Gasteiger partial charge in [0, 0.05) is 34.0 Å². The summed E-state index contributed by atoms with van der Waals surface area (Å²) in [5.74, 6) is 0.621. The molecule has 0 spiro atoms. The van der Waals surface area contributed by atoms with E-state index in [0.29, 0.717) is 16.9 Å². The van der Waals surface area contributed by atoms with Gasteiger partial charge in [-0.05, 0) is 29.8 Å². The lowest BCUT2D eigenvalue weighted by Crippen LogP contribution is -2.19. The van der Waals surface area contributed by atoms with Crippen LogP contribution in [0.3, 0.4) is 0 Å². The molecular formula is C16H14N6O. The van der Waals surface area contributed by atoms with Crippen LogP contribution >= 0.6 is 0 Å². The molecule has 2 aromatic rings. The molecule has 0 fully saturated rings. The Kier molecular flexibility index (Phi) is 4.22. The summed E-state index contributed by atoms with van der Waals surface area (Å²) in [7, 11) is 0. The molecule has 1 amide bonds. The van der Waals surface area contributed by atoms with E-state index >= 15 is 0 Å². The Morgan fingerprint density at radius 2 is 2.09 bits per heavy atom. The van der Waals surface area contributed by atoms with Crippen LogP contribution in [-0.2, 0) is 0 Å². The van der Waals surface area contributed by atoms with Crippen molar-refractivity contribution in [2.45, 2.75) is 0 Å². The van der Waals surface area contributed by atoms with Crippen LogP contribution < -0.4 is 10.6 Å². The maximum Gasteiger partial charge on any atom is 0.255 e. The Morgan fingerprint density at radius 3 is 2.78 bits per heavy atom. The van der Waals surface area contributed by atoms with Gasteiger partial charge in [-0.1, -0.05) is 29.4 Å². The Balaban J connectivity index is 1.74. The van der Waals surface area contributed by atoms with Gasteiger partial charge in [0.2, 0.25) is 0 Å². The summed E-state index contributed by atoms with van der Waals surface area (Å²) in [5, 5.41) is 9.52. The first-order valence-corrected chi connectivity index (χ1v) is 7.11. The van der Waals surface area contributed by atoms with Crippen LogP contribution in [0, 0.1) is 0 Å². The summed E-state index contributed by atoms with van der Waals surface area (Å²) in [5.41, 5.74) is 11.0. The fraction of sp³-hybridized carbons (Fsp3) is 0.125. The van der Waals surface area contributed by atoms with Crippen molar-refractivity contribution in [1.29, 1.82) is 0 Å². The molecular weight excluding hydrogens is 292 g/mol. The highest BCUT2D eigenvalue weighted by atomic mass is 16.1. The molecule has 7 heteroatoms. The van der Waals surface area contributed by atoms with E-state index in [1.54, 1.807) is 24.3 Å². The molecule has 0 aromatic heterocycles. The van der Waals surface area contributed by atoms with Crippen molar-refractivity contribution in [2.75, 3.05) is 18.4 Å². The van der Waals surface area contributed by atoms with Crippen LogP contribution in [0.25, 0.3) is 10.4 Å². The number of amides is 1. The minimum atomic E-state index is -0.226. The molecule has 3 rings (SSSR count). The van der Waals surface area contributed by atoms with Crippen LogP contribution in [0.1, 0.15) is 15.9 Å². The van der Waals surface area contributed by atoms with Crippen LogP contribution in [0.15, 0.2) is 58.6 Å². The third-order valence-corrected chi connectivity index (χ3v) is 3.36. The first kappa shape index (κ1) is 14.6. The number of carbonyl (C=O) groups excluding carboxylic acids is 1. The number of amidine groups is 1. The van der Waals surface area contributed by atoms with Gasteiger partial charge in [-0.25, -0.2) is 0 Å². The van der Waals surface area contributed by atoms with Crippen molar-refractivity contribution in [2.24, 2.45) is 10.1 Å². The molecule has 2 N–H and O–H groups in total. The second-order valence-electron chi connectivity index (χ2n) is 4.93. The number of carbonyl (C=O) groups is 1. The molecule has 1 aliphatic heterocycles. The summed E-state index contributed by atoms with van der Waals surface area (Å²) in [4.78, 5) is 19.3. The molecule has 0 saturated heterocycles. The van der Waals surface area contributed by atoms with Crippen molar-refractivity contribution in [3.8, 4) is 0 Å². The lowest BCUT2D eigenvalue weighted by molar-refractivity contribution is 0.102. The number of azide groups is 1. The lowest BCUT2D eigenvalue weighted by atomic mass is 10.1. The van der Waals surface area contributed by atoms with Crippen LogP contribution in [0.2, 0.25) is 0 Å². The number of nitrogens with one attached hydrogen (secondary N) is 2. The van der Waals surface area contributed by atoms with E-state index in [2.05, 4.69) is 25.7 Å². The van der Waals surface area contributed by atoms with Gasteiger partial charge >= 0.3 is 0 Å². The van der Waals surface area contributed by atoms with Crippen LogP contribution in [-0.4, -0.2) is 24.8 Å². The Bertz CT molecular complexity index is 806. The zero-order valence-electron chi connectivity index (χ0n) is 12.2. The molecule has 2 aromatic carbocycles. The van der Waals surface area contributed by atoms with Crippen LogP contribution in [0.4, 0.5) is 11.4 Å². The zero-order valence-corrected chi connectivity index (χ0v) is 12.2. The smallest absolute Gasteiger partial charge is 0.255 e. The maximum absolute atomic E-state index is 12.3. The van der Waals surface area contributed by atoms with Gasteiger partial charge < -0.3 is 10.6 Å². The number of benzene rings is 2. The van der Waals surface area contributed by atoms with E-state index in [0.717, 1.165) is 24.5 Å². The largest absolute Gasteiger partial charge is 0.368 e. The van der Waals surface area contributed by atoms with Crippen molar-refractivity contribution < 1.29 is 4.79 Å². The van der Waals surface area contributed by atoms with E-state index in [9.17, 15) is 4.79 Å². The van der Waals surface area contributed by atoms with Gasteiger partial charge in [-0.15, -0.1) is 0 Å². The van der Waals surface area contributed by atoms with Crippen LogP contribution in [0.5, 0.6) is 0 Å². The van der Waals surface area contributed by atoms with E-state index in [1.807, 2.05) is 24.3 Å². The Hall–Kier alpha value is -3.31. The minimum absolute atomic E-state index is 0.226. The number of nitrogens with zero attached hydrogens (tertiary/aromatic N) is 4. The third kappa shape index (κ3) is 3.48. The van der Waals surface area contributed by atoms with Crippen molar-refractivity contribution in [3.05, 3.63) is 70.1 Å². The molecule has 0 unspecified atom stereocenters. The van der Waals surface area contributed by atoms with Gasteiger partial charge in [-0.3, -0.25) is 9.79 Å². The highest BCUT2D eigenvalue weighted by Gasteiger charge is 2.10. The molecule has 0 atom stereocenters. The van der Waals surface area contributed by atoms with Gasteiger partial charge in [0.1, 0.15) is 5.84 Å². The summed E-state index contributed by atoms with van der Waals surface area (Å²) >= 11 is 0. The van der Waals surface area contributed by atoms with Gasteiger partial charge in [0.25, 0.3) is 5.91 Å². The van der Waals surface area contributed by atoms with Gasteiger partial charge in [-0.2, -0.15) is 0 Å². The van der Waals surface area contributed by atoms with Crippen molar-refractivity contribution >= 4 is 23.1 Å². The Morgan fingerprint density at radius 1 is 1.26 bits per heavy atom. The van der Waals surface area contributed by atoms with Crippen molar-refractivity contribution in [3.63, 3.8) is 0 Å². The topological polar surface area (TPSA) is 102 Å². The number of anilines is 1. The molecule has 1 aliphatic rings. The molecule has 0 aliphatic carbocycles. The molecule has 114 valence electrons. The zero-order chi connectivity index (χ0) is 16.1. The summed E-state index contributed by atoms with van der Waals surface area (Å²) in [6, 6.07) is 14.0. The first-order valence-electron chi connectivity index (χ1n) is 7.11. The quantitative estimate of drug-likeness (QED) is 0.514. The van der Waals surface area contributed by atoms with Crippen molar-refractivity contribution in [1.82, 2.24) is 5.32 Å². The predicted molar refractivity (Wildman–Crippen MR) is 89.0 cm³/mol. The fourth-order valence-electron chi connectivity index (χ4n) is 2.27. The lowest BCUT2D eigenvalue weighted by Gasteiger charge is -2.08. The number of aliphatic imine (C=N–C) groups is 1. The molecule has 0 radical (unpaired) electrons. The maximum atomic E-state index is 12.3. The molecule has 7 nitrogen and oxygen atoms in total. The fourth-order valence-corrected chi connectivity index (χ4v) is 2.27. The van der Waals surface area contributed by atoms with E-state index in [1.165, 1.54) is 0 Å². The number of hydrogen-bond donors (Lipinski definition) is 2. The molecule has 1 heterocycles. The summed E-state index contributed by atoms with van der Waals surface area (Å²) in [6.07, 6.45) is 0. The highest BCUT2D eigenvalue weighted by molar-refractivity contribution is 6.06. The molecule has 0 saturated carbocycles. The van der Waals surface area contributed by atoms with E-state index in [4.69, 9.17) is 5.53 Å². The van der Waals surface area contributed by atoms with E-state index < -0.39 is 0 Å². The standard InChI is InChI=1S/C16H14N6O/c17-22-21-13-6-4-11(5-7-13)16(23)20-14-3-1-2-12(10-14)15-18-8-9-19-15/h1-7,10H,8-9H2,(H,18,19)(H,20,23). The second-order valence-corrected chi connectivity index (χ2v) is 4.93.